The minimum absolute atomic E-state index is 0.00774. The van der Waals surface area contributed by atoms with E-state index in [1.54, 1.807) is 6.07 Å². The van der Waals surface area contributed by atoms with Gasteiger partial charge in [0.05, 0.1) is 6.04 Å². The standard InChI is InChI=1S/C23H23NO4/c1-16(17-7-3-2-4-8-17)24-22(25)14-13-18-9-5-11-20-19(18)10-6-12-21(20)28-15-23(26)27/h2-12,16H,13-15H2,1H3,(H,24,25)(H,26,27)/t16-/m1/s1. The topological polar surface area (TPSA) is 75.6 Å². The molecular weight excluding hydrogens is 354 g/mol. The third-order valence-electron chi connectivity index (χ3n) is 4.62. The highest BCUT2D eigenvalue weighted by Crippen LogP contribution is 2.28. The normalized spacial score (nSPS) is 11.8. The Morgan fingerprint density at radius 2 is 1.68 bits per heavy atom. The van der Waals surface area contributed by atoms with Crippen LogP contribution >= 0.6 is 0 Å². The lowest BCUT2D eigenvalue weighted by atomic mass is 10.00. The van der Waals surface area contributed by atoms with Crippen LogP contribution in [0.1, 0.15) is 30.5 Å². The summed E-state index contributed by atoms with van der Waals surface area (Å²) in [5.74, 6) is -0.493. The molecule has 0 saturated heterocycles. The number of fused-ring (bicyclic) bond motifs is 1. The molecule has 2 N–H and O–H groups in total. The maximum atomic E-state index is 12.4. The molecule has 3 rings (SSSR count). The molecular formula is C23H23NO4. The molecule has 5 heteroatoms. The number of amides is 1. The number of rotatable bonds is 8. The van der Waals surface area contributed by atoms with E-state index in [2.05, 4.69) is 5.32 Å². The van der Waals surface area contributed by atoms with Gasteiger partial charge in [-0.3, -0.25) is 4.79 Å². The summed E-state index contributed by atoms with van der Waals surface area (Å²) in [7, 11) is 0. The molecule has 28 heavy (non-hydrogen) atoms. The molecule has 0 unspecified atom stereocenters. The molecule has 0 aliphatic rings. The molecule has 0 radical (unpaired) electrons. The Balaban J connectivity index is 1.68. The number of ether oxygens (including phenoxy) is 1. The zero-order chi connectivity index (χ0) is 19.9. The van der Waals surface area contributed by atoms with Gasteiger partial charge in [-0.15, -0.1) is 0 Å². The molecule has 0 fully saturated rings. The SMILES string of the molecule is C[C@@H](NC(=O)CCc1cccc2c(OCC(=O)O)cccc12)c1ccccc1. The first-order chi connectivity index (χ1) is 13.5. The fourth-order valence-corrected chi connectivity index (χ4v) is 3.22. The smallest absolute Gasteiger partial charge is 0.341 e. The summed E-state index contributed by atoms with van der Waals surface area (Å²) < 4.78 is 5.38. The molecule has 1 atom stereocenters. The predicted octanol–water partition coefficient (Wildman–Crippen LogP) is 4.11. The second-order valence-corrected chi connectivity index (χ2v) is 6.65. The number of aliphatic carboxylic acids is 1. The number of carbonyl (C=O) groups is 2. The number of hydrogen-bond donors (Lipinski definition) is 2. The third kappa shape index (κ3) is 4.88. The Bertz CT molecular complexity index is 969. The summed E-state index contributed by atoms with van der Waals surface area (Å²) in [6, 6.07) is 21.1. The first-order valence-corrected chi connectivity index (χ1v) is 9.24. The van der Waals surface area contributed by atoms with E-state index < -0.39 is 5.97 Å². The molecule has 3 aromatic carbocycles. The van der Waals surface area contributed by atoms with E-state index >= 15 is 0 Å². The van der Waals surface area contributed by atoms with E-state index in [4.69, 9.17) is 9.84 Å². The van der Waals surface area contributed by atoms with E-state index in [-0.39, 0.29) is 18.6 Å². The highest BCUT2D eigenvalue weighted by atomic mass is 16.5. The average Bonchev–Trinajstić information content (AvgIpc) is 2.71. The maximum absolute atomic E-state index is 12.4. The molecule has 1 amide bonds. The van der Waals surface area contributed by atoms with Crippen molar-refractivity contribution in [2.45, 2.75) is 25.8 Å². The predicted molar refractivity (Wildman–Crippen MR) is 108 cm³/mol. The average molecular weight is 377 g/mol. The van der Waals surface area contributed by atoms with Crippen molar-refractivity contribution < 1.29 is 19.4 Å². The number of carbonyl (C=O) groups excluding carboxylic acids is 1. The van der Waals surface area contributed by atoms with Crippen LogP contribution < -0.4 is 10.1 Å². The van der Waals surface area contributed by atoms with Crippen LogP contribution in [0.25, 0.3) is 10.8 Å². The van der Waals surface area contributed by atoms with Gasteiger partial charge in [0.2, 0.25) is 5.91 Å². The van der Waals surface area contributed by atoms with Crippen LogP contribution in [0.4, 0.5) is 0 Å². The van der Waals surface area contributed by atoms with Gasteiger partial charge in [-0.05, 0) is 35.9 Å². The quantitative estimate of drug-likeness (QED) is 0.619. The lowest BCUT2D eigenvalue weighted by molar-refractivity contribution is -0.139. The minimum atomic E-state index is -1.02. The third-order valence-corrected chi connectivity index (χ3v) is 4.62. The fourth-order valence-electron chi connectivity index (χ4n) is 3.22. The second kappa shape index (κ2) is 9.04. The van der Waals surface area contributed by atoms with Gasteiger partial charge in [0, 0.05) is 11.8 Å². The van der Waals surface area contributed by atoms with Gasteiger partial charge in [0.25, 0.3) is 0 Å². The summed E-state index contributed by atoms with van der Waals surface area (Å²) in [5.41, 5.74) is 2.10. The molecule has 0 spiro atoms. The fraction of sp³-hybridized carbons (Fsp3) is 0.217. The molecule has 0 aromatic heterocycles. The molecule has 0 bridgehead atoms. The zero-order valence-electron chi connectivity index (χ0n) is 15.7. The van der Waals surface area contributed by atoms with Crippen molar-refractivity contribution in [3.63, 3.8) is 0 Å². The Morgan fingerprint density at radius 1 is 0.964 bits per heavy atom. The van der Waals surface area contributed by atoms with Crippen molar-refractivity contribution >= 4 is 22.6 Å². The Hall–Kier alpha value is -3.34. The van der Waals surface area contributed by atoms with Gasteiger partial charge >= 0.3 is 5.97 Å². The number of benzene rings is 3. The summed E-state index contributed by atoms with van der Waals surface area (Å²) >= 11 is 0. The monoisotopic (exact) mass is 377 g/mol. The van der Waals surface area contributed by atoms with Crippen molar-refractivity contribution in [1.29, 1.82) is 0 Å². The Kier molecular flexibility index (Phi) is 6.27. The van der Waals surface area contributed by atoms with Gasteiger partial charge in [-0.1, -0.05) is 60.7 Å². The number of aryl methyl sites for hydroxylation is 1. The highest BCUT2D eigenvalue weighted by molar-refractivity contribution is 5.91. The van der Waals surface area contributed by atoms with E-state index in [0.717, 1.165) is 21.9 Å². The molecule has 0 aliphatic carbocycles. The minimum Gasteiger partial charge on any atom is -0.481 e. The van der Waals surface area contributed by atoms with E-state index in [1.165, 1.54) is 0 Å². The van der Waals surface area contributed by atoms with Crippen LogP contribution in [0.5, 0.6) is 5.75 Å². The van der Waals surface area contributed by atoms with Crippen molar-refractivity contribution in [1.82, 2.24) is 5.32 Å². The summed E-state index contributed by atoms with van der Waals surface area (Å²) in [6.07, 6.45) is 0.962. The van der Waals surface area contributed by atoms with Gasteiger partial charge in [-0.25, -0.2) is 4.79 Å². The zero-order valence-corrected chi connectivity index (χ0v) is 15.7. The summed E-state index contributed by atoms with van der Waals surface area (Å²) in [5, 5.41) is 13.7. The molecule has 144 valence electrons. The van der Waals surface area contributed by atoms with Gasteiger partial charge in [0.1, 0.15) is 5.75 Å². The van der Waals surface area contributed by atoms with E-state index in [1.807, 2.05) is 67.6 Å². The molecule has 0 heterocycles. The Morgan fingerprint density at radius 3 is 2.43 bits per heavy atom. The number of hydrogen-bond acceptors (Lipinski definition) is 3. The first kappa shape index (κ1) is 19.4. The summed E-state index contributed by atoms with van der Waals surface area (Å²) in [6.45, 7) is 1.58. The number of carboxylic acids is 1. The van der Waals surface area contributed by atoms with Crippen LogP contribution in [0.3, 0.4) is 0 Å². The van der Waals surface area contributed by atoms with Crippen molar-refractivity contribution in [2.75, 3.05) is 6.61 Å². The lowest BCUT2D eigenvalue weighted by Crippen LogP contribution is -2.26. The first-order valence-electron chi connectivity index (χ1n) is 9.24. The van der Waals surface area contributed by atoms with Crippen LogP contribution in [0, 0.1) is 0 Å². The number of nitrogens with one attached hydrogen (secondary N) is 1. The Labute approximate surface area is 164 Å². The summed E-state index contributed by atoms with van der Waals surface area (Å²) in [4.78, 5) is 23.2. The van der Waals surface area contributed by atoms with E-state index in [0.29, 0.717) is 18.6 Å². The maximum Gasteiger partial charge on any atom is 0.341 e. The largest absolute Gasteiger partial charge is 0.481 e. The lowest BCUT2D eigenvalue weighted by Gasteiger charge is -2.15. The van der Waals surface area contributed by atoms with Gasteiger partial charge < -0.3 is 15.2 Å². The molecule has 0 aliphatic heterocycles. The number of carboxylic acid groups (broad SMARTS) is 1. The highest BCUT2D eigenvalue weighted by Gasteiger charge is 2.11. The van der Waals surface area contributed by atoms with Crippen molar-refractivity contribution in [2.24, 2.45) is 0 Å². The molecule has 0 saturated carbocycles. The van der Waals surface area contributed by atoms with Gasteiger partial charge in [-0.2, -0.15) is 0 Å². The van der Waals surface area contributed by atoms with E-state index in [9.17, 15) is 9.59 Å². The van der Waals surface area contributed by atoms with Crippen LogP contribution in [-0.4, -0.2) is 23.6 Å². The van der Waals surface area contributed by atoms with Crippen molar-refractivity contribution in [3.8, 4) is 5.75 Å². The second-order valence-electron chi connectivity index (χ2n) is 6.65. The van der Waals surface area contributed by atoms with Crippen molar-refractivity contribution in [3.05, 3.63) is 77.9 Å². The molecule has 5 nitrogen and oxygen atoms in total. The van der Waals surface area contributed by atoms with Crippen LogP contribution in [0.15, 0.2) is 66.7 Å². The molecule has 3 aromatic rings. The van der Waals surface area contributed by atoms with Crippen LogP contribution in [0.2, 0.25) is 0 Å². The van der Waals surface area contributed by atoms with Crippen LogP contribution in [-0.2, 0) is 16.0 Å². The van der Waals surface area contributed by atoms with Gasteiger partial charge in [0.15, 0.2) is 6.61 Å².